The lowest BCUT2D eigenvalue weighted by atomic mass is 10.1. The highest BCUT2D eigenvalue weighted by Crippen LogP contribution is 2.07. The van der Waals surface area contributed by atoms with Crippen molar-refractivity contribution in [3.63, 3.8) is 0 Å². The monoisotopic (exact) mass is 221 g/mol. The van der Waals surface area contributed by atoms with Crippen molar-refractivity contribution in [2.75, 3.05) is 7.05 Å². The van der Waals surface area contributed by atoms with Crippen molar-refractivity contribution >= 4 is 11.9 Å². The molecule has 0 atom stereocenters. The number of carbonyl (C=O) groups is 2. The van der Waals surface area contributed by atoms with Gasteiger partial charge in [-0.2, -0.15) is 0 Å². The van der Waals surface area contributed by atoms with E-state index in [1.165, 1.54) is 0 Å². The first kappa shape index (κ1) is 12.2. The maximum Gasteiger partial charge on any atom is 0.335 e. The zero-order chi connectivity index (χ0) is 12.1. The van der Waals surface area contributed by atoms with Gasteiger partial charge in [-0.05, 0) is 17.7 Å². The lowest BCUT2D eigenvalue weighted by Gasteiger charge is -2.16. The van der Waals surface area contributed by atoms with E-state index in [2.05, 4.69) is 0 Å². The van der Waals surface area contributed by atoms with E-state index in [4.69, 9.17) is 5.11 Å². The van der Waals surface area contributed by atoms with Crippen molar-refractivity contribution in [1.29, 1.82) is 0 Å². The van der Waals surface area contributed by atoms with Crippen LogP contribution >= 0.6 is 0 Å². The second-order valence-electron chi connectivity index (χ2n) is 3.61. The summed E-state index contributed by atoms with van der Waals surface area (Å²) in [6.07, 6.45) is 0.476. The molecule has 0 unspecified atom stereocenters. The summed E-state index contributed by atoms with van der Waals surface area (Å²) in [4.78, 5) is 23.6. The van der Waals surface area contributed by atoms with E-state index < -0.39 is 5.97 Å². The van der Waals surface area contributed by atoms with E-state index in [-0.39, 0.29) is 11.5 Å². The molecule has 0 aliphatic rings. The molecule has 16 heavy (non-hydrogen) atoms. The summed E-state index contributed by atoms with van der Waals surface area (Å²) in [7, 11) is 1.73. The number of carboxylic acids is 1. The van der Waals surface area contributed by atoms with Crippen LogP contribution in [0.5, 0.6) is 0 Å². The summed E-state index contributed by atoms with van der Waals surface area (Å²) < 4.78 is 0. The van der Waals surface area contributed by atoms with Crippen LogP contribution in [-0.4, -0.2) is 28.9 Å². The first-order valence-electron chi connectivity index (χ1n) is 5.10. The van der Waals surface area contributed by atoms with Crippen LogP contribution in [0.25, 0.3) is 0 Å². The van der Waals surface area contributed by atoms with Gasteiger partial charge in [0.1, 0.15) is 0 Å². The fourth-order valence-electron chi connectivity index (χ4n) is 1.38. The van der Waals surface area contributed by atoms with Gasteiger partial charge in [0.25, 0.3) is 0 Å². The third-order valence-corrected chi connectivity index (χ3v) is 2.35. The predicted octanol–water partition coefficient (Wildman–Crippen LogP) is 1.75. The Morgan fingerprint density at radius 2 is 1.81 bits per heavy atom. The Morgan fingerprint density at radius 1 is 1.25 bits per heavy atom. The van der Waals surface area contributed by atoms with Gasteiger partial charge in [0.15, 0.2) is 0 Å². The molecule has 4 nitrogen and oxygen atoms in total. The number of carbonyl (C=O) groups excluding carboxylic acids is 1. The third-order valence-electron chi connectivity index (χ3n) is 2.35. The first-order chi connectivity index (χ1) is 7.54. The van der Waals surface area contributed by atoms with Gasteiger partial charge < -0.3 is 10.0 Å². The molecule has 0 heterocycles. The Bertz CT molecular complexity index is 384. The average molecular weight is 221 g/mol. The molecular formula is C12H15NO3. The van der Waals surface area contributed by atoms with Crippen molar-refractivity contribution in [3.8, 4) is 0 Å². The Morgan fingerprint density at radius 3 is 2.25 bits per heavy atom. The van der Waals surface area contributed by atoms with Gasteiger partial charge in [0.2, 0.25) is 5.91 Å². The van der Waals surface area contributed by atoms with E-state index in [1.54, 1.807) is 36.2 Å². The molecule has 1 N–H and O–H groups in total. The Labute approximate surface area is 94.5 Å². The van der Waals surface area contributed by atoms with Gasteiger partial charge in [0.05, 0.1) is 5.56 Å². The van der Waals surface area contributed by atoms with E-state index in [1.807, 2.05) is 6.92 Å². The van der Waals surface area contributed by atoms with Gasteiger partial charge in [-0.25, -0.2) is 4.79 Å². The molecule has 0 bridgehead atoms. The molecule has 1 aromatic rings. The molecule has 1 amide bonds. The number of hydrogen-bond acceptors (Lipinski definition) is 2. The summed E-state index contributed by atoms with van der Waals surface area (Å²) in [6.45, 7) is 2.32. The summed E-state index contributed by atoms with van der Waals surface area (Å²) in [6, 6.07) is 6.54. The lowest BCUT2D eigenvalue weighted by Crippen LogP contribution is -2.25. The van der Waals surface area contributed by atoms with Crippen LogP contribution in [0.2, 0.25) is 0 Å². The van der Waals surface area contributed by atoms with E-state index in [9.17, 15) is 9.59 Å². The molecule has 86 valence electrons. The SMILES string of the molecule is CCC(=O)N(C)Cc1ccc(C(=O)O)cc1. The minimum atomic E-state index is -0.940. The molecule has 0 radical (unpaired) electrons. The van der Waals surface area contributed by atoms with Crippen molar-refractivity contribution < 1.29 is 14.7 Å². The molecule has 1 rings (SSSR count). The van der Waals surface area contributed by atoms with Crippen molar-refractivity contribution in [3.05, 3.63) is 35.4 Å². The highest BCUT2D eigenvalue weighted by atomic mass is 16.4. The van der Waals surface area contributed by atoms with Gasteiger partial charge in [-0.15, -0.1) is 0 Å². The number of hydrogen-bond donors (Lipinski definition) is 1. The largest absolute Gasteiger partial charge is 0.478 e. The van der Waals surface area contributed by atoms with Crippen LogP contribution in [0.3, 0.4) is 0 Å². The zero-order valence-electron chi connectivity index (χ0n) is 9.43. The maximum absolute atomic E-state index is 11.3. The van der Waals surface area contributed by atoms with Gasteiger partial charge in [0, 0.05) is 20.0 Å². The maximum atomic E-state index is 11.3. The summed E-state index contributed by atoms with van der Waals surface area (Å²) in [5.74, 6) is -0.869. The number of benzene rings is 1. The fourth-order valence-corrected chi connectivity index (χ4v) is 1.38. The highest BCUT2D eigenvalue weighted by Gasteiger charge is 2.07. The Kier molecular flexibility index (Phi) is 4.05. The Hall–Kier alpha value is -1.84. The number of carboxylic acid groups (broad SMARTS) is 1. The highest BCUT2D eigenvalue weighted by molar-refractivity contribution is 5.87. The topological polar surface area (TPSA) is 57.6 Å². The van der Waals surface area contributed by atoms with Crippen molar-refractivity contribution in [1.82, 2.24) is 4.90 Å². The number of rotatable bonds is 4. The van der Waals surface area contributed by atoms with Gasteiger partial charge in [-0.3, -0.25) is 4.79 Å². The van der Waals surface area contributed by atoms with E-state index in [0.717, 1.165) is 5.56 Å². The molecule has 0 aliphatic carbocycles. The molecule has 4 heteroatoms. The Balaban J connectivity index is 2.68. The minimum absolute atomic E-state index is 0.0716. The minimum Gasteiger partial charge on any atom is -0.478 e. The van der Waals surface area contributed by atoms with Crippen molar-refractivity contribution in [2.24, 2.45) is 0 Å². The van der Waals surface area contributed by atoms with E-state index >= 15 is 0 Å². The number of aromatic carboxylic acids is 1. The van der Waals surface area contributed by atoms with Crippen LogP contribution in [0.15, 0.2) is 24.3 Å². The van der Waals surface area contributed by atoms with E-state index in [0.29, 0.717) is 13.0 Å². The summed E-state index contributed by atoms with van der Waals surface area (Å²) in [5, 5.41) is 8.72. The molecule has 0 aliphatic heterocycles. The quantitative estimate of drug-likeness (QED) is 0.842. The second kappa shape index (κ2) is 5.30. The van der Waals surface area contributed by atoms with Crippen molar-refractivity contribution in [2.45, 2.75) is 19.9 Å². The predicted molar refractivity (Wildman–Crippen MR) is 60.2 cm³/mol. The molecule has 0 saturated heterocycles. The second-order valence-corrected chi connectivity index (χ2v) is 3.61. The fraction of sp³-hybridized carbons (Fsp3) is 0.333. The molecular weight excluding hydrogens is 206 g/mol. The number of amides is 1. The smallest absolute Gasteiger partial charge is 0.335 e. The lowest BCUT2D eigenvalue weighted by molar-refractivity contribution is -0.130. The molecule has 0 aromatic heterocycles. The third kappa shape index (κ3) is 3.08. The van der Waals surface area contributed by atoms with Crippen LogP contribution in [0.4, 0.5) is 0 Å². The molecule has 0 fully saturated rings. The normalized spacial score (nSPS) is 9.88. The molecule has 1 aromatic carbocycles. The first-order valence-corrected chi connectivity index (χ1v) is 5.10. The van der Waals surface area contributed by atoms with Crippen LogP contribution in [0.1, 0.15) is 29.3 Å². The van der Waals surface area contributed by atoms with Crippen LogP contribution < -0.4 is 0 Å². The zero-order valence-corrected chi connectivity index (χ0v) is 9.43. The van der Waals surface area contributed by atoms with Crippen LogP contribution in [0, 0.1) is 0 Å². The van der Waals surface area contributed by atoms with Gasteiger partial charge >= 0.3 is 5.97 Å². The number of nitrogens with zero attached hydrogens (tertiary/aromatic N) is 1. The molecule has 0 spiro atoms. The average Bonchev–Trinajstić information content (AvgIpc) is 2.28. The van der Waals surface area contributed by atoms with Gasteiger partial charge in [-0.1, -0.05) is 19.1 Å². The molecule has 0 saturated carbocycles. The standard InChI is InChI=1S/C12H15NO3/c1-3-11(14)13(2)8-9-4-6-10(7-5-9)12(15)16/h4-7H,3,8H2,1-2H3,(H,15,16). The summed E-state index contributed by atoms with van der Waals surface area (Å²) >= 11 is 0. The summed E-state index contributed by atoms with van der Waals surface area (Å²) in [5.41, 5.74) is 1.18. The van der Waals surface area contributed by atoms with Crippen LogP contribution in [-0.2, 0) is 11.3 Å².